The Balaban J connectivity index is 0.000000704. The van der Waals surface area contributed by atoms with Crippen LogP contribution in [0.15, 0.2) is 30.3 Å². The van der Waals surface area contributed by atoms with Crippen LogP contribution in [0.5, 0.6) is 0 Å². The summed E-state index contributed by atoms with van der Waals surface area (Å²) in [5.74, 6) is 0. The number of hydrogen-bond donors (Lipinski definition) is 2. The van der Waals surface area contributed by atoms with E-state index >= 15 is 0 Å². The van der Waals surface area contributed by atoms with Crippen LogP contribution in [0.4, 0.5) is 11.4 Å². The molecular formula is C12H7IN4O6. The number of nitrogens with zero attached hydrogens (tertiary/aromatic N) is 2. The third-order valence-electron chi connectivity index (χ3n) is 2.32. The Kier molecular flexibility index (Phi) is 8.55. The molecule has 0 radical (unpaired) electrons. The van der Waals surface area contributed by atoms with Gasteiger partial charge in [0.2, 0.25) is 12.2 Å². The number of nitro groups is 2. The van der Waals surface area contributed by atoms with Gasteiger partial charge in [0.15, 0.2) is 0 Å². The molecular weight excluding hydrogens is 423 g/mol. The lowest BCUT2D eigenvalue weighted by atomic mass is 10.1. The normalized spacial score (nSPS) is 8.39. The molecule has 11 heteroatoms. The van der Waals surface area contributed by atoms with Crippen LogP contribution < -0.4 is 0 Å². The van der Waals surface area contributed by atoms with Crippen molar-refractivity contribution in [1.82, 2.24) is 0 Å². The van der Waals surface area contributed by atoms with Crippen molar-refractivity contribution in [3.63, 3.8) is 0 Å². The molecule has 0 aromatic heterocycles. The van der Waals surface area contributed by atoms with Crippen molar-refractivity contribution < 1.29 is 19.4 Å². The predicted molar refractivity (Wildman–Crippen MR) is 86.8 cm³/mol. The van der Waals surface area contributed by atoms with Crippen LogP contribution in [0.3, 0.4) is 0 Å². The van der Waals surface area contributed by atoms with E-state index in [0.29, 0.717) is 10.8 Å². The first-order chi connectivity index (χ1) is 10.8. The van der Waals surface area contributed by atoms with E-state index in [0.717, 1.165) is 12.2 Å². The molecule has 0 amide bonds. The van der Waals surface area contributed by atoms with Crippen molar-refractivity contribution in [2.45, 2.75) is 0 Å². The highest BCUT2D eigenvalue weighted by atomic mass is 127. The van der Waals surface area contributed by atoms with Gasteiger partial charge in [-0.1, -0.05) is 24.3 Å². The number of nitrogens with one attached hydrogen (secondary N) is 2. The summed E-state index contributed by atoms with van der Waals surface area (Å²) in [4.78, 5) is 37.0. The Hall–Kier alpha value is -3.01. The van der Waals surface area contributed by atoms with Gasteiger partial charge in [0.25, 0.3) is 0 Å². The molecule has 0 spiro atoms. The predicted octanol–water partition coefficient (Wildman–Crippen LogP) is 3.06. The Morgan fingerprint density at radius 2 is 1.48 bits per heavy atom. The van der Waals surface area contributed by atoms with E-state index in [9.17, 15) is 20.2 Å². The standard InChI is InChI=1S/C10H5IN2O4.2CHNO/c11-9-7-4-2-1-3-6(7)5-8(12(14)15)10(9)13(16)17;2*2-1-3/h1-5H;2*2H. The first kappa shape index (κ1) is 20.0. The van der Waals surface area contributed by atoms with Crippen LogP contribution in [0.2, 0.25) is 0 Å². The highest BCUT2D eigenvalue weighted by Gasteiger charge is 2.29. The minimum Gasteiger partial charge on any atom is -0.258 e. The molecule has 2 N–H and O–H groups in total. The molecule has 0 fully saturated rings. The molecule has 0 saturated heterocycles. The fraction of sp³-hybridized carbons (Fsp3) is 0. The molecule has 0 unspecified atom stereocenters. The van der Waals surface area contributed by atoms with Gasteiger partial charge in [-0.3, -0.25) is 20.2 Å². The van der Waals surface area contributed by atoms with Crippen molar-refractivity contribution >= 4 is 56.9 Å². The van der Waals surface area contributed by atoms with Gasteiger partial charge in [-0.2, -0.15) is 0 Å². The molecule has 10 nitrogen and oxygen atoms in total. The summed E-state index contributed by atoms with van der Waals surface area (Å²) in [6.07, 6.45) is 1.50. The number of fused-ring (bicyclic) bond motifs is 1. The molecule has 0 aliphatic heterocycles. The average Bonchev–Trinajstić information content (AvgIpc) is 2.48. The van der Waals surface area contributed by atoms with Gasteiger partial charge in [-0.15, -0.1) is 0 Å². The topological polar surface area (TPSA) is 168 Å². The maximum atomic E-state index is 10.9. The number of halogens is 1. The molecule has 2 rings (SSSR count). The summed E-state index contributed by atoms with van der Waals surface area (Å²) in [7, 11) is 0. The van der Waals surface area contributed by atoms with E-state index in [1.165, 1.54) is 6.07 Å². The molecule has 0 heterocycles. The summed E-state index contributed by atoms with van der Waals surface area (Å²) in [6.45, 7) is 0. The summed E-state index contributed by atoms with van der Waals surface area (Å²) in [5.41, 5.74) is -0.924. The number of isocyanates is 2. The number of carbonyl (C=O) groups excluding carboxylic acids is 2. The van der Waals surface area contributed by atoms with Crippen molar-refractivity contribution in [3.05, 3.63) is 54.1 Å². The van der Waals surface area contributed by atoms with Gasteiger partial charge in [0.05, 0.1) is 9.85 Å². The largest absolute Gasteiger partial charge is 0.359 e. The SMILES string of the molecule is N=C=O.N=C=O.O=[N+]([O-])c1cc2ccccc2c(I)c1[N+](=O)[O-]. The van der Waals surface area contributed by atoms with Crippen molar-refractivity contribution in [2.24, 2.45) is 0 Å². The summed E-state index contributed by atoms with van der Waals surface area (Å²) < 4.78 is 0.289. The van der Waals surface area contributed by atoms with Gasteiger partial charge in [-0.25, -0.2) is 20.4 Å². The smallest absolute Gasteiger partial charge is 0.258 e. The zero-order chi connectivity index (χ0) is 18.0. The average molecular weight is 430 g/mol. The molecule has 23 heavy (non-hydrogen) atoms. The highest BCUT2D eigenvalue weighted by molar-refractivity contribution is 14.1. The first-order valence-corrected chi connectivity index (χ1v) is 6.51. The van der Waals surface area contributed by atoms with E-state index in [1.54, 1.807) is 46.9 Å². The summed E-state index contributed by atoms with van der Waals surface area (Å²) in [6, 6.07) is 8.09. The van der Waals surface area contributed by atoms with Crippen molar-refractivity contribution in [2.75, 3.05) is 0 Å². The number of hydrogen-bond acceptors (Lipinski definition) is 8. The van der Waals surface area contributed by atoms with Gasteiger partial charge in [0.1, 0.15) is 3.57 Å². The third-order valence-corrected chi connectivity index (χ3v) is 3.41. The maximum absolute atomic E-state index is 10.9. The lowest BCUT2D eigenvalue weighted by molar-refractivity contribution is -0.422. The monoisotopic (exact) mass is 430 g/mol. The molecule has 2 aromatic carbocycles. The van der Waals surface area contributed by atoms with Crippen LogP contribution in [-0.4, -0.2) is 22.0 Å². The summed E-state index contributed by atoms with van der Waals surface area (Å²) in [5, 5.41) is 33.8. The third kappa shape index (κ3) is 5.36. The fourth-order valence-corrected chi connectivity index (χ4v) is 2.56. The van der Waals surface area contributed by atoms with Crippen LogP contribution in [0, 0.1) is 34.6 Å². The van der Waals surface area contributed by atoms with Crippen LogP contribution >= 0.6 is 22.6 Å². The van der Waals surface area contributed by atoms with Gasteiger partial charge >= 0.3 is 11.4 Å². The molecule has 118 valence electrons. The van der Waals surface area contributed by atoms with E-state index in [4.69, 9.17) is 20.4 Å². The van der Waals surface area contributed by atoms with Crippen LogP contribution in [0.1, 0.15) is 0 Å². The number of benzene rings is 2. The Bertz CT molecular complexity index is 799. The van der Waals surface area contributed by atoms with Gasteiger partial charge in [0, 0.05) is 11.5 Å². The van der Waals surface area contributed by atoms with E-state index in [1.807, 2.05) is 0 Å². The Morgan fingerprint density at radius 1 is 1.00 bits per heavy atom. The molecule has 0 atom stereocenters. The van der Waals surface area contributed by atoms with E-state index in [-0.39, 0.29) is 3.57 Å². The quantitative estimate of drug-likeness (QED) is 0.244. The van der Waals surface area contributed by atoms with Crippen LogP contribution in [0.25, 0.3) is 10.8 Å². The Labute approximate surface area is 141 Å². The molecule has 0 saturated carbocycles. The lowest BCUT2D eigenvalue weighted by Crippen LogP contribution is -1.99. The minimum absolute atomic E-state index is 0.289. The number of nitro benzene ring substituents is 2. The second-order valence-corrected chi connectivity index (χ2v) is 4.58. The van der Waals surface area contributed by atoms with Crippen molar-refractivity contribution in [3.8, 4) is 0 Å². The molecule has 0 aliphatic carbocycles. The zero-order valence-electron chi connectivity index (χ0n) is 11.1. The number of rotatable bonds is 2. The van der Waals surface area contributed by atoms with Crippen molar-refractivity contribution in [1.29, 1.82) is 10.8 Å². The summed E-state index contributed by atoms with van der Waals surface area (Å²) >= 11 is 1.77. The van der Waals surface area contributed by atoms with E-state index in [2.05, 4.69) is 0 Å². The second-order valence-electron chi connectivity index (χ2n) is 3.50. The Morgan fingerprint density at radius 3 is 1.91 bits per heavy atom. The minimum atomic E-state index is -0.729. The lowest BCUT2D eigenvalue weighted by Gasteiger charge is -2.02. The van der Waals surface area contributed by atoms with E-state index < -0.39 is 21.2 Å². The van der Waals surface area contributed by atoms with Gasteiger partial charge < -0.3 is 0 Å². The molecule has 0 bridgehead atoms. The zero-order valence-corrected chi connectivity index (χ0v) is 13.3. The first-order valence-electron chi connectivity index (χ1n) is 5.43. The molecule has 2 aromatic rings. The maximum Gasteiger partial charge on any atom is 0.359 e. The van der Waals surface area contributed by atoms with Gasteiger partial charge in [-0.05, 0) is 28.0 Å². The second kappa shape index (κ2) is 9.84. The van der Waals surface area contributed by atoms with Crippen LogP contribution in [-0.2, 0) is 9.59 Å². The highest BCUT2D eigenvalue weighted by Crippen LogP contribution is 2.37. The fourth-order valence-electron chi connectivity index (χ4n) is 1.59. The molecule has 0 aliphatic rings.